The molecule has 0 saturated heterocycles. The van der Waals surface area contributed by atoms with Crippen molar-refractivity contribution in [3.05, 3.63) is 72.2 Å². The van der Waals surface area contributed by atoms with E-state index in [2.05, 4.69) is 31.0 Å². The summed E-state index contributed by atoms with van der Waals surface area (Å²) in [6.45, 7) is 7.84. The minimum absolute atomic E-state index is 0.0446. The Labute approximate surface area is 133 Å². The van der Waals surface area contributed by atoms with Crippen LogP contribution in [0.15, 0.2) is 72.2 Å². The molecule has 0 bridgehead atoms. The minimum atomic E-state index is -0.809. The number of carbonyl (C=O) groups is 1. The maximum atomic E-state index is 11.0. The van der Waals surface area contributed by atoms with Gasteiger partial charge in [-0.15, -0.1) is 0 Å². The number of rotatable bonds is 7. The van der Waals surface area contributed by atoms with Gasteiger partial charge in [-0.3, -0.25) is 4.79 Å². The normalized spacial score (nSPS) is 20.4. The number of nitrogens with one attached hydrogen (secondary N) is 1. The Morgan fingerprint density at radius 1 is 1.50 bits per heavy atom. The van der Waals surface area contributed by atoms with Crippen LogP contribution < -0.4 is 5.32 Å². The van der Waals surface area contributed by atoms with E-state index in [0.717, 1.165) is 29.7 Å². The molecule has 2 N–H and O–H groups in total. The zero-order valence-electron chi connectivity index (χ0n) is 13.4. The average molecular weight is 299 g/mol. The Balaban J connectivity index is 2.84. The van der Waals surface area contributed by atoms with Crippen molar-refractivity contribution in [1.82, 2.24) is 5.32 Å². The highest BCUT2D eigenvalue weighted by molar-refractivity contribution is 5.72. The van der Waals surface area contributed by atoms with Gasteiger partial charge in [0, 0.05) is 18.3 Å². The lowest BCUT2D eigenvalue weighted by atomic mass is 9.93. The van der Waals surface area contributed by atoms with Crippen LogP contribution in [-0.4, -0.2) is 11.1 Å². The number of allylic oxidation sites excluding steroid dienone is 8. The van der Waals surface area contributed by atoms with Crippen LogP contribution in [0.4, 0.5) is 0 Å². The summed E-state index contributed by atoms with van der Waals surface area (Å²) in [5, 5.41) is 12.2. The van der Waals surface area contributed by atoms with Crippen LogP contribution >= 0.6 is 0 Å². The molecule has 1 atom stereocenters. The number of aliphatic carboxylic acids is 1. The van der Waals surface area contributed by atoms with E-state index in [4.69, 9.17) is 5.11 Å². The van der Waals surface area contributed by atoms with Crippen LogP contribution in [0.25, 0.3) is 0 Å². The molecule has 0 aliphatic carbocycles. The number of carboxylic acids is 1. The number of carboxylic acid groups (broad SMARTS) is 1. The molecule has 0 spiro atoms. The first-order chi connectivity index (χ1) is 10.6. The van der Waals surface area contributed by atoms with E-state index in [9.17, 15) is 4.79 Å². The van der Waals surface area contributed by atoms with Crippen molar-refractivity contribution in [3.8, 4) is 0 Å². The van der Waals surface area contributed by atoms with Crippen molar-refractivity contribution in [2.24, 2.45) is 5.92 Å². The third kappa shape index (κ3) is 6.44. The lowest BCUT2D eigenvalue weighted by molar-refractivity contribution is -0.136. The molecule has 0 aromatic rings. The van der Waals surface area contributed by atoms with Crippen LogP contribution in [0.3, 0.4) is 0 Å². The molecular weight excluding hydrogens is 274 g/mol. The van der Waals surface area contributed by atoms with Crippen molar-refractivity contribution in [3.63, 3.8) is 0 Å². The standard InChI is InChI=1S/C19H25NO2/c1-4-6-7-9-15(3)10-11-16-12-18(8-5-2)20-14-17(16)13-19(21)22/h4-9,11,14-15,20H,2,10,12-13H2,1,3H3,(H,21,22)/b6-4-,9-7+,16-11+,18-8+. The van der Waals surface area contributed by atoms with Crippen LogP contribution in [0.1, 0.15) is 33.1 Å². The summed E-state index contributed by atoms with van der Waals surface area (Å²) in [5.74, 6) is -0.396. The van der Waals surface area contributed by atoms with Gasteiger partial charge in [0.05, 0.1) is 6.42 Å². The number of hydrogen-bond acceptors (Lipinski definition) is 2. The first-order valence-electron chi connectivity index (χ1n) is 7.54. The van der Waals surface area contributed by atoms with Crippen LogP contribution in [-0.2, 0) is 4.79 Å². The predicted molar refractivity (Wildman–Crippen MR) is 92.2 cm³/mol. The lowest BCUT2D eigenvalue weighted by Crippen LogP contribution is -2.16. The maximum absolute atomic E-state index is 11.0. The van der Waals surface area contributed by atoms with Gasteiger partial charge in [-0.05, 0) is 36.5 Å². The molecule has 1 unspecified atom stereocenters. The molecular formula is C19H25NO2. The molecule has 0 fully saturated rings. The van der Waals surface area contributed by atoms with E-state index in [1.54, 1.807) is 12.3 Å². The average Bonchev–Trinajstić information content (AvgIpc) is 2.47. The molecule has 3 heteroatoms. The summed E-state index contributed by atoms with van der Waals surface area (Å²) >= 11 is 0. The van der Waals surface area contributed by atoms with Gasteiger partial charge in [-0.25, -0.2) is 0 Å². The van der Waals surface area contributed by atoms with Crippen LogP contribution in [0.5, 0.6) is 0 Å². The highest BCUT2D eigenvalue weighted by Crippen LogP contribution is 2.26. The van der Waals surface area contributed by atoms with Crippen molar-refractivity contribution < 1.29 is 9.90 Å². The van der Waals surface area contributed by atoms with E-state index < -0.39 is 5.97 Å². The second kappa shape index (κ2) is 9.61. The summed E-state index contributed by atoms with van der Waals surface area (Å²) in [7, 11) is 0. The van der Waals surface area contributed by atoms with Crippen molar-refractivity contribution in [1.29, 1.82) is 0 Å². The molecule has 1 rings (SSSR count). The van der Waals surface area contributed by atoms with Crippen LogP contribution in [0.2, 0.25) is 0 Å². The molecule has 0 amide bonds. The van der Waals surface area contributed by atoms with Crippen molar-refractivity contribution >= 4 is 5.97 Å². The summed E-state index contributed by atoms with van der Waals surface area (Å²) in [6, 6.07) is 0. The molecule has 0 aromatic carbocycles. The third-order valence-electron chi connectivity index (χ3n) is 3.37. The predicted octanol–water partition coefficient (Wildman–Crippen LogP) is 4.49. The topological polar surface area (TPSA) is 49.3 Å². The van der Waals surface area contributed by atoms with E-state index in [-0.39, 0.29) is 6.42 Å². The van der Waals surface area contributed by atoms with E-state index in [1.807, 2.05) is 31.2 Å². The fourth-order valence-corrected chi connectivity index (χ4v) is 2.19. The summed E-state index contributed by atoms with van der Waals surface area (Å²) in [6.07, 6.45) is 17.4. The molecule has 22 heavy (non-hydrogen) atoms. The Morgan fingerprint density at radius 3 is 2.91 bits per heavy atom. The van der Waals surface area contributed by atoms with Gasteiger partial charge in [-0.1, -0.05) is 50.0 Å². The molecule has 0 aromatic heterocycles. The highest BCUT2D eigenvalue weighted by atomic mass is 16.4. The van der Waals surface area contributed by atoms with Gasteiger partial charge in [0.15, 0.2) is 0 Å². The first kappa shape index (κ1) is 17.8. The Bertz CT molecular complexity index is 548. The maximum Gasteiger partial charge on any atom is 0.307 e. The summed E-state index contributed by atoms with van der Waals surface area (Å²) in [5.41, 5.74) is 2.96. The molecule has 0 radical (unpaired) electrons. The van der Waals surface area contributed by atoms with E-state index in [0.29, 0.717) is 5.92 Å². The molecule has 1 aliphatic heterocycles. The second-order valence-electron chi connectivity index (χ2n) is 5.34. The van der Waals surface area contributed by atoms with Gasteiger partial charge < -0.3 is 10.4 Å². The molecule has 1 aliphatic rings. The highest BCUT2D eigenvalue weighted by Gasteiger charge is 2.15. The van der Waals surface area contributed by atoms with E-state index in [1.165, 1.54) is 0 Å². The minimum Gasteiger partial charge on any atom is -0.481 e. The molecule has 118 valence electrons. The van der Waals surface area contributed by atoms with Crippen LogP contribution in [0, 0.1) is 5.92 Å². The monoisotopic (exact) mass is 299 g/mol. The van der Waals surface area contributed by atoms with Crippen molar-refractivity contribution in [2.45, 2.75) is 33.1 Å². The fourth-order valence-electron chi connectivity index (χ4n) is 2.19. The smallest absolute Gasteiger partial charge is 0.307 e. The molecule has 0 saturated carbocycles. The van der Waals surface area contributed by atoms with Gasteiger partial charge in [0.1, 0.15) is 0 Å². The Kier molecular flexibility index (Phi) is 7.76. The van der Waals surface area contributed by atoms with Gasteiger partial charge in [0.25, 0.3) is 0 Å². The SMILES string of the molecule is C=C/C=C1\C/C(=C\CC(C)/C=C/C=C\C)C(CC(=O)O)=CN1. The Morgan fingerprint density at radius 2 is 2.27 bits per heavy atom. The summed E-state index contributed by atoms with van der Waals surface area (Å²) < 4.78 is 0. The van der Waals surface area contributed by atoms with E-state index >= 15 is 0 Å². The fraction of sp³-hybridized carbons (Fsp3) is 0.316. The largest absolute Gasteiger partial charge is 0.481 e. The van der Waals surface area contributed by atoms with Gasteiger partial charge >= 0.3 is 5.97 Å². The van der Waals surface area contributed by atoms with Gasteiger partial charge in [-0.2, -0.15) is 0 Å². The quantitative estimate of drug-likeness (QED) is 0.681. The number of hydrogen-bond donors (Lipinski definition) is 2. The van der Waals surface area contributed by atoms with Gasteiger partial charge in [0.2, 0.25) is 0 Å². The Hall–Kier alpha value is -2.29. The molecule has 1 heterocycles. The third-order valence-corrected chi connectivity index (χ3v) is 3.37. The lowest BCUT2D eigenvalue weighted by Gasteiger charge is -2.20. The van der Waals surface area contributed by atoms with Crippen molar-refractivity contribution in [2.75, 3.05) is 0 Å². The first-order valence-corrected chi connectivity index (χ1v) is 7.54. The second-order valence-corrected chi connectivity index (χ2v) is 5.34. The zero-order chi connectivity index (χ0) is 16.4. The zero-order valence-corrected chi connectivity index (χ0v) is 13.4. The molecule has 3 nitrogen and oxygen atoms in total. The summed E-state index contributed by atoms with van der Waals surface area (Å²) in [4.78, 5) is 11.0.